The van der Waals surface area contributed by atoms with E-state index in [2.05, 4.69) is 5.32 Å². The van der Waals surface area contributed by atoms with Gasteiger partial charge in [-0.25, -0.2) is 4.39 Å². The number of carbonyl (C=O) groups is 1. The summed E-state index contributed by atoms with van der Waals surface area (Å²) in [6, 6.07) is 3.16. The molecule has 2 unspecified atom stereocenters. The van der Waals surface area contributed by atoms with Crippen LogP contribution < -0.4 is 5.32 Å². The molecule has 0 spiro atoms. The highest BCUT2D eigenvalue weighted by Gasteiger charge is 2.19. The average molecular weight is 246 g/mol. The van der Waals surface area contributed by atoms with Crippen molar-refractivity contribution in [2.45, 2.75) is 25.9 Å². The molecular weight excluding hydrogens is 233 g/mol. The van der Waals surface area contributed by atoms with Crippen LogP contribution in [0.5, 0.6) is 0 Å². The van der Waals surface area contributed by atoms with E-state index in [4.69, 9.17) is 16.7 Å². The van der Waals surface area contributed by atoms with Crippen molar-refractivity contribution in [1.29, 1.82) is 0 Å². The average Bonchev–Trinajstić information content (AvgIpc) is 2.16. The SMILES string of the molecule is CC(NC(C)c1c(F)cccc1Cl)C(=O)O. The van der Waals surface area contributed by atoms with E-state index in [-0.39, 0.29) is 10.6 Å². The van der Waals surface area contributed by atoms with Crippen LogP contribution in [0.1, 0.15) is 25.5 Å². The predicted molar refractivity (Wildman–Crippen MR) is 60.1 cm³/mol. The smallest absolute Gasteiger partial charge is 0.320 e. The maximum atomic E-state index is 13.5. The summed E-state index contributed by atoms with van der Waals surface area (Å²) in [4.78, 5) is 10.6. The summed E-state index contributed by atoms with van der Waals surface area (Å²) >= 11 is 5.86. The van der Waals surface area contributed by atoms with Crippen LogP contribution in [0.25, 0.3) is 0 Å². The van der Waals surface area contributed by atoms with Gasteiger partial charge >= 0.3 is 5.97 Å². The molecule has 2 N–H and O–H groups in total. The number of carboxylic acids is 1. The van der Waals surface area contributed by atoms with Crippen molar-refractivity contribution in [3.63, 3.8) is 0 Å². The lowest BCUT2D eigenvalue weighted by atomic mass is 10.1. The minimum absolute atomic E-state index is 0.289. The van der Waals surface area contributed by atoms with Crippen molar-refractivity contribution in [3.8, 4) is 0 Å². The Balaban J connectivity index is 2.88. The van der Waals surface area contributed by atoms with E-state index in [9.17, 15) is 9.18 Å². The Morgan fingerprint density at radius 2 is 2.12 bits per heavy atom. The van der Waals surface area contributed by atoms with Crippen molar-refractivity contribution in [2.24, 2.45) is 0 Å². The van der Waals surface area contributed by atoms with Crippen LogP contribution in [0, 0.1) is 5.82 Å². The van der Waals surface area contributed by atoms with E-state index < -0.39 is 23.9 Å². The first kappa shape index (κ1) is 12.9. The van der Waals surface area contributed by atoms with Crippen LogP contribution in [-0.4, -0.2) is 17.1 Å². The molecule has 16 heavy (non-hydrogen) atoms. The number of carboxylic acid groups (broad SMARTS) is 1. The van der Waals surface area contributed by atoms with Gasteiger partial charge in [0.15, 0.2) is 0 Å². The topological polar surface area (TPSA) is 49.3 Å². The Morgan fingerprint density at radius 3 is 2.62 bits per heavy atom. The molecule has 0 heterocycles. The number of aliphatic carboxylic acids is 1. The molecule has 1 rings (SSSR count). The second-order valence-corrected chi connectivity index (χ2v) is 3.99. The zero-order chi connectivity index (χ0) is 12.3. The summed E-state index contributed by atoms with van der Waals surface area (Å²) in [5.74, 6) is -1.43. The van der Waals surface area contributed by atoms with Crippen molar-refractivity contribution in [2.75, 3.05) is 0 Å². The van der Waals surface area contributed by atoms with Gasteiger partial charge in [0, 0.05) is 16.6 Å². The van der Waals surface area contributed by atoms with Gasteiger partial charge in [0.2, 0.25) is 0 Å². The van der Waals surface area contributed by atoms with E-state index in [1.165, 1.54) is 19.1 Å². The molecule has 0 bridgehead atoms. The third-order valence-corrected chi connectivity index (χ3v) is 2.63. The van der Waals surface area contributed by atoms with E-state index in [0.717, 1.165) is 0 Å². The number of hydrogen-bond acceptors (Lipinski definition) is 2. The summed E-state index contributed by atoms with van der Waals surface area (Å²) in [5.41, 5.74) is 0.289. The Labute approximate surface area is 98.2 Å². The van der Waals surface area contributed by atoms with E-state index in [1.54, 1.807) is 13.0 Å². The van der Waals surface area contributed by atoms with E-state index in [0.29, 0.717) is 0 Å². The Kier molecular flexibility index (Phi) is 4.26. The molecule has 0 radical (unpaired) electrons. The quantitative estimate of drug-likeness (QED) is 0.857. The number of rotatable bonds is 4. The zero-order valence-electron chi connectivity index (χ0n) is 9.00. The van der Waals surface area contributed by atoms with Gasteiger partial charge in [-0.2, -0.15) is 0 Å². The monoisotopic (exact) mass is 245 g/mol. The molecule has 5 heteroatoms. The normalized spacial score (nSPS) is 14.5. The zero-order valence-corrected chi connectivity index (χ0v) is 9.75. The molecule has 0 saturated heterocycles. The largest absolute Gasteiger partial charge is 0.480 e. The molecule has 1 aromatic rings. The van der Waals surface area contributed by atoms with Crippen LogP contribution in [0.4, 0.5) is 4.39 Å². The van der Waals surface area contributed by atoms with Gasteiger partial charge in [-0.15, -0.1) is 0 Å². The standard InChI is InChI=1S/C11H13ClFNO2/c1-6(14-7(2)11(15)16)10-8(12)4-3-5-9(10)13/h3-7,14H,1-2H3,(H,15,16). The Hall–Kier alpha value is -1.13. The van der Waals surface area contributed by atoms with Crippen LogP contribution in [0.3, 0.4) is 0 Å². The number of halogens is 2. The van der Waals surface area contributed by atoms with Crippen LogP contribution in [-0.2, 0) is 4.79 Å². The van der Waals surface area contributed by atoms with Gasteiger partial charge < -0.3 is 5.11 Å². The van der Waals surface area contributed by atoms with E-state index >= 15 is 0 Å². The lowest BCUT2D eigenvalue weighted by Gasteiger charge is -2.19. The first-order valence-corrected chi connectivity index (χ1v) is 5.24. The fourth-order valence-corrected chi connectivity index (χ4v) is 1.78. The van der Waals surface area contributed by atoms with Crippen LogP contribution in [0.15, 0.2) is 18.2 Å². The summed E-state index contributed by atoms with van der Waals surface area (Å²) in [5, 5.41) is 11.8. The minimum Gasteiger partial charge on any atom is -0.480 e. The molecular formula is C11H13ClFNO2. The number of benzene rings is 1. The van der Waals surface area contributed by atoms with E-state index in [1.807, 2.05) is 0 Å². The molecule has 0 aliphatic heterocycles. The van der Waals surface area contributed by atoms with Gasteiger partial charge in [0.25, 0.3) is 0 Å². The first-order chi connectivity index (χ1) is 7.43. The summed E-state index contributed by atoms with van der Waals surface area (Å²) in [6.07, 6.45) is 0. The van der Waals surface area contributed by atoms with Crippen molar-refractivity contribution in [3.05, 3.63) is 34.6 Å². The summed E-state index contributed by atoms with van der Waals surface area (Å²) < 4.78 is 13.5. The second kappa shape index (κ2) is 5.27. The molecule has 3 nitrogen and oxygen atoms in total. The van der Waals surface area contributed by atoms with Gasteiger partial charge in [0.1, 0.15) is 11.9 Å². The molecule has 0 amide bonds. The van der Waals surface area contributed by atoms with Crippen molar-refractivity contribution in [1.82, 2.24) is 5.32 Å². The molecule has 0 aliphatic rings. The summed E-state index contributed by atoms with van der Waals surface area (Å²) in [6.45, 7) is 3.16. The van der Waals surface area contributed by atoms with Crippen molar-refractivity contribution < 1.29 is 14.3 Å². The highest BCUT2D eigenvalue weighted by molar-refractivity contribution is 6.31. The molecule has 0 aromatic heterocycles. The predicted octanol–water partition coefficient (Wildman–Crippen LogP) is 2.60. The molecule has 0 aliphatic carbocycles. The third-order valence-electron chi connectivity index (χ3n) is 2.30. The van der Waals surface area contributed by atoms with Gasteiger partial charge in [-0.3, -0.25) is 10.1 Å². The molecule has 1 aromatic carbocycles. The molecule has 0 saturated carbocycles. The number of nitrogens with one attached hydrogen (secondary N) is 1. The van der Waals surface area contributed by atoms with Gasteiger partial charge in [-0.05, 0) is 26.0 Å². The van der Waals surface area contributed by atoms with Gasteiger partial charge in [-0.1, -0.05) is 17.7 Å². The lowest BCUT2D eigenvalue weighted by Crippen LogP contribution is -2.35. The maximum Gasteiger partial charge on any atom is 0.320 e. The second-order valence-electron chi connectivity index (χ2n) is 3.58. The molecule has 2 atom stereocenters. The van der Waals surface area contributed by atoms with Gasteiger partial charge in [0.05, 0.1) is 0 Å². The van der Waals surface area contributed by atoms with Crippen LogP contribution in [0.2, 0.25) is 5.02 Å². The Bertz CT molecular complexity index is 377. The number of hydrogen-bond donors (Lipinski definition) is 2. The highest BCUT2D eigenvalue weighted by atomic mass is 35.5. The van der Waals surface area contributed by atoms with Crippen LogP contribution >= 0.6 is 11.6 Å². The maximum absolute atomic E-state index is 13.5. The fraction of sp³-hybridized carbons (Fsp3) is 0.364. The Morgan fingerprint density at radius 1 is 1.50 bits per heavy atom. The lowest BCUT2D eigenvalue weighted by molar-refractivity contribution is -0.139. The van der Waals surface area contributed by atoms with Crippen molar-refractivity contribution >= 4 is 17.6 Å². The summed E-state index contributed by atoms with van der Waals surface area (Å²) in [7, 11) is 0. The molecule has 88 valence electrons. The minimum atomic E-state index is -0.987. The molecule has 0 fully saturated rings. The third kappa shape index (κ3) is 2.93. The fourth-order valence-electron chi connectivity index (χ4n) is 1.45. The first-order valence-electron chi connectivity index (χ1n) is 4.86. The highest BCUT2D eigenvalue weighted by Crippen LogP contribution is 2.25.